The molecule has 1 fully saturated rings. The molecule has 3 amide bonds. The Balaban J connectivity index is 1.37. The number of hydrogen-bond donors (Lipinski definition) is 0. The van der Waals surface area contributed by atoms with E-state index in [2.05, 4.69) is 6.58 Å². The van der Waals surface area contributed by atoms with Gasteiger partial charge in [-0.05, 0) is 18.2 Å². The number of rotatable bonds is 5. The molecule has 2 aliphatic rings. The van der Waals surface area contributed by atoms with Crippen molar-refractivity contribution in [3.8, 4) is 11.5 Å². The topological polar surface area (TPSA) is 79.4 Å². The third-order valence-corrected chi connectivity index (χ3v) is 5.89. The molecule has 4 rings (SSSR count). The number of hydrogen-bond acceptors (Lipinski definition) is 5. The van der Waals surface area contributed by atoms with Crippen LogP contribution in [0.2, 0.25) is 0 Å². The molecule has 0 bridgehead atoms. The summed E-state index contributed by atoms with van der Waals surface area (Å²) in [6.45, 7) is 5.50. The summed E-state index contributed by atoms with van der Waals surface area (Å²) in [5.74, 6) is 0.517. The zero-order chi connectivity index (χ0) is 22.8. The zero-order valence-electron chi connectivity index (χ0n) is 18.2. The van der Waals surface area contributed by atoms with Crippen molar-refractivity contribution in [2.45, 2.75) is 0 Å². The van der Waals surface area contributed by atoms with E-state index in [1.54, 1.807) is 47.2 Å². The first-order chi connectivity index (χ1) is 15.4. The molecule has 0 N–H and O–H groups in total. The average Bonchev–Trinajstić information content (AvgIpc) is 3.08. The summed E-state index contributed by atoms with van der Waals surface area (Å²) in [6.07, 6.45) is 0. The summed E-state index contributed by atoms with van der Waals surface area (Å²) in [6, 6.07) is 12.3. The summed E-state index contributed by atoms with van der Waals surface area (Å²) in [7, 11) is 3.06. The highest BCUT2D eigenvalue weighted by Crippen LogP contribution is 2.31. The Bertz CT molecular complexity index is 1050. The first kappa shape index (κ1) is 21.4. The molecule has 0 radical (unpaired) electrons. The molecule has 0 spiro atoms. The van der Waals surface area contributed by atoms with Crippen molar-refractivity contribution < 1.29 is 23.9 Å². The lowest BCUT2D eigenvalue weighted by Gasteiger charge is -2.35. The predicted molar refractivity (Wildman–Crippen MR) is 119 cm³/mol. The van der Waals surface area contributed by atoms with Gasteiger partial charge in [-0.15, -0.1) is 0 Å². The van der Waals surface area contributed by atoms with Crippen LogP contribution in [0.5, 0.6) is 11.5 Å². The van der Waals surface area contributed by atoms with Crippen molar-refractivity contribution in [3.05, 3.63) is 65.7 Å². The predicted octanol–water partition coefficient (Wildman–Crippen LogP) is 2.11. The second kappa shape index (κ2) is 8.74. The van der Waals surface area contributed by atoms with Gasteiger partial charge in [-0.25, -0.2) is 0 Å². The van der Waals surface area contributed by atoms with Crippen LogP contribution in [0, 0.1) is 0 Å². The summed E-state index contributed by atoms with van der Waals surface area (Å²) in [4.78, 5) is 43.3. The van der Waals surface area contributed by atoms with Gasteiger partial charge in [0.05, 0.1) is 19.8 Å². The van der Waals surface area contributed by atoms with Gasteiger partial charge in [-0.3, -0.25) is 19.3 Å². The number of methoxy groups -OCH3 is 2. The molecule has 166 valence electrons. The van der Waals surface area contributed by atoms with E-state index in [4.69, 9.17) is 9.47 Å². The van der Waals surface area contributed by atoms with Gasteiger partial charge < -0.3 is 19.3 Å². The minimum atomic E-state index is -0.209. The van der Waals surface area contributed by atoms with Gasteiger partial charge in [0.15, 0.2) is 0 Å². The highest BCUT2D eigenvalue weighted by atomic mass is 16.5. The van der Waals surface area contributed by atoms with Gasteiger partial charge in [0.1, 0.15) is 18.0 Å². The number of nitrogens with zero attached hydrogens (tertiary/aromatic N) is 3. The molecule has 2 heterocycles. The summed E-state index contributed by atoms with van der Waals surface area (Å²) in [5, 5.41) is 0. The standard InChI is InChI=1S/C24H25N3O5/c1-16-18-6-4-5-7-19(18)24(30)27(16)15-22(28)25-10-12-26(13-11-25)23(29)20-9-8-17(31-2)14-21(20)32-3/h4-9,14H,1,10-13,15H2,2-3H3. The molecule has 0 atom stereocenters. The Hall–Kier alpha value is -3.81. The van der Waals surface area contributed by atoms with Gasteiger partial charge in [-0.2, -0.15) is 0 Å². The molecule has 32 heavy (non-hydrogen) atoms. The SMILES string of the molecule is C=C1c2ccccc2C(=O)N1CC(=O)N1CCN(C(=O)c2ccc(OC)cc2OC)CC1. The normalized spacial score (nSPS) is 15.6. The Morgan fingerprint density at radius 2 is 1.59 bits per heavy atom. The van der Waals surface area contributed by atoms with Crippen LogP contribution in [0.3, 0.4) is 0 Å². The maximum absolute atomic E-state index is 13.0. The molecule has 0 unspecified atom stereocenters. The average molecular weight is 435 g/mol. The number of fused-ring (bicyclic) bond motifs is 1. The second-order valence-corrected chi connectivity index (χ2v) is 7.62. The van der Waals surface area contributed by atoms with Gasteiger partial charge >= 0.3 is 0 Å². The van der Waals surface area contributed by atoms with Gasteiger partial charge in [-0.1, -0.05) is 24.8 Å². The lowest BCUT2D eigenvalue weighted by molar-refractivity contribution is -0.132. The van der Waals surface area contributed by atoms with Crippen molar-refractivity contribution >= 4 is 23.4 Å². The summed E-state index contributed by atoms with van der Waals surface area (Å²) in [5.41, 5.74) is 2.31. The molecule has 1 saturated heterocycles. The van der Waals surface area contributed by atoms with Gasteiger partial charge in [0.2, 0.25) is 5.91 Å². The molecular weight excluding hydrogens is 410 g/mol. The summed E-state index contributed by atoms with van der Waals surface area (Å²) >= 11 is 0. The van der Waals surface area contributed by atoms with Crippen LogP contribution < -0.4 is 9.47 Å². The van der Waals surface area contributed by atoms with E-state index >= 15 is 0 Å². The third-order valence-electron chi connectivity index (χ3n) is 5.89. The highest BCUT2D eigenvalue weighted by Gasteiger charge is 2.34. The molecule has 0 saturated carbocycles. The van der Waals surface area contributed by atoms with Gasteiger partial charge in [0, 0.05) is 49.1 Å². The second-order valence-electron chi connectivity index (χ2n) is 7.62. The third kappa shape index (κ3) is 3.79. The maximum Gasteiger partial charge on any atom is 0.259 e. The fraction of sp³-hybridized carbons (Fsp3) is 0.292. The number of amides is 3. The Labute approximate surface area is 186 Å². The molecule has 8 heteroatoms. The number of carbonyl (C=O) groups is 3. The first-order valence-electron chi connectivity index (χ1n) is 10.3. The van der Waals surface area contributed by atoms with Crippen LogP contribution in [0.15, 0.2) is 49.0 Å². The van der Waals surface area contributed by atoms with Crippen LogP contribution >= 0.6 is 0 Å². The van der Waals surface area contributed by atoms with E-state index in [1.807, 2.05) is 12.1 Å². The van der Waals surface area contributed by atoms with Crippen molar-refractivity contribution in [2.24, 2.45) is 0 Å². The van der Waals surface area contributed by atoms with E-state index in [0.717, 1.165) is 5.56 Å². The largest absolute Gasteiger partial charge is 0.497 e. The summed E-state index contributed by atoms with van der Waals surface area (Å²) < 4.78 is 10.5. The lowest BCUT2D eigenvalue weighted by Crippen LogP contribution is -2.52. The molecule has 2 aromatic carbocycles. The zero-order valence-corrected chi connectivity index (χ0v) is 18.2. The van der Waals surface area contributed by atoms with Crippen LogP contribution in [0.1, 0.15) is 26.3 Å². The minimum Gasteiger partial charge on any atom is -0.497 e. The lowest BCUT2D eigenvalue weighted by atomic mass is 10.1. The molecule has 2 aromatic rings. The number of ether oxygens (including phenoxy) is 2. The minimum absolute atomic E-state index is 0.0629. The highest BCUT2D eigenvalue weighted by molar-refractivity contribution is 6.10. The van der Waals surface area contributed by atoms with Crippen molar-refractivity contribution in [1.29, 1.82) is 0 Å². The maximum atomic E-state index is 13.0. The molecule has 8 nitrogen and oxygen atoms in total. The molecular formula is C24H25N3O5. The van der Waals surface area contributed by atoms with Crippen LogP contribution in [-0.4, -0.2) is 79.4 Å². The van der Waals surface area contributed by atoms with Crippen molar-refractivity contribution in [3.63, 3.8) is 0 Å². The molecule has 2 aliphatic heterocycles. The van der Waals surface area contributed by atoms with Crippen LogP contribution in [0.4, 0.5) is 0 Å². The molecule has 0 aliphatic carbocycles. The van der Waals surface area contributed by atoms with E-state index in [9.17, 15) is 14.4 Å². The van der Waals surface area contributed by atoms with Crippen LogP contribution in [0.25, 0.3) is 5.70 Å². The fourth-order valence-corrected chi connectivity index (χ4v) is 4.04. The quantitative estimate of drug-likeness (QED) is 0.719. The molecule has 0 aromatic heterocycles. The van der Waals surface area contributed by atoms with E-state index in [1.165, 1.54) is 12.0 Å². The number of carbonyl (C=O) groups excluding carboxylic acids is 3. The smallest absolute Gasteiger partial charge is 0.259 e. The van der Waals surface area contributed by atoms with Crippen LogP contribution in [-0.2, 0) is 4.79 Å². The van der Waals surface area contributed by atoms with E-state index < -0.39 is 0 Å². The van der Waals surface area contributed by atoms with Crippen molar-refractivity contribution in [1.82, 2.24) is 14.7 Å². The Morgan fingerprint density at radius 3 is 2.22 bits per heavy atom. The Morgan fingerprint density at radius 1 is 0.938 bits per heavy atom. The number of piperazine rings is 1. The first-order valence-corrected chi connectivity index (χ1v) is 10.3. The Kier molecular flexibility index (Phi) is 5.85. The monoisotopic (exact) mass is 435 g/mol. The van der Waals surface area contributed by atoms with E-state index in [0.29, 0.717) is 54.5 Å². The van der Waals surface area contributed by atoms with E-state index in [-0.39, 0.29) is 24.3 Å². The van der Waals surface area contributed by atoms with Gasteiger partial charge in [0.25, 0.3) is 11.8 Å². The fourth-order valence-electron chi connectivity index (χ4n) is 4.04. The van der Waals surface area contributed by atoms with Crippen molar-refractivity contribution in [2.75, 3.05) is 46.9 Å². The number of benzene rings is 2.